The minimum atomic E-state index is -1.27. The van der Waals surface area contributed by atoms with E-state index in [1.54, 1.807) is 6.92 Å². The van der Waals surface area contributed by atoms with Gasteiger partial charge in [0.25, 0.3) is 5.91 Å². The van der Waals surface area contributed by atoms with Crippen LogP contribution in [0, 0.1) is 0 Å². The lowest BCUT2D eigenvalue weighted by Crippen LogP contribution is -2.20. The molecule has 0 saturated carbocycles. The van der Waals surface area contributed by atoms with E-state index in [-0.39, 0.29) is 5.57 Å². The average Bonchev–Trinajstić information content (AvgIpc) is 1.81. The molecule has 0 aliphatic carbocycles. The molecule has 0 fully saturated rings. The second-order valence-corrected chi connectivity index (χ2v) is 1.70. The Hall–Kier alpha value is -1.32. The van der Waals surface area contributed by atoms with E-state index in [0.29, 0.717) is 6.42 Å². The van der Waals surface area contributed by atoms with Crippen molar-refractivity contribution >= 4 is 11.9 Å². The number of carboxylic acids is 1. The van der Waals surface area contributed by atoms with Crippen molar-refractivity contribution in [2.45, 2.75) is 13.3 Å². The summed E-state index contributed by atoms with van der Waals surface area (Å²) in [6.45, 7) is 1.73. The molecule has 0 aromatic rings. The zero-order valence-electron chi connectivity index (χ0n) is 5.63. The van der Waals surface area contributed by atoms with Crippen LogP contribution in [0.1, 0.15) is 13.3 Å². The van der Waals surface area contributed by atoms with Gasteiger partial charge in [0.1, 0.15) is 5.57 Å². The first kappa shape index (κ1) is 8.68. The maximum atomic E-state index is 10.3. The Labute approximate surface area is 58.3 Å². The molecule has 1 amide bonds. The smallest absolute Gasteiger partial charge is 0.340 e. The Morgan fingerprint density at radius 2 is 2.10 bits per heavy atom. The van der Waals surface area contributed by atoms with Gasteiger partial charge in [-0.3, -0.25) is 4.79 Å². The van der Waals surface area contributed by atoms with Gasteiger partial charge in [-0.05, 0) is 6.42 Å². The standard InChI is InChI=1S/C6H9NO3/c1-2-3-4(5(7)8)6(9)10/h3H,2H2,1H3,(H2,7,8)(H,9,10). The fourth-order valence-electron chi connectivity index (χ4n) is 0.497. The van der Waals surface area contributed by atoms with E-state index in [0.717, 1.165) is 0 Å². The van der Waals surface area contributed by atoms with Crippen LogP contribution < -0.4 is 5.73 Å². The molecule has 4 heteroatoms. The number of nitrogens with two attached hydrogens (primary N) is 1. The van der Waals surface area contributed by atoms with Gasteiger partial charge in [0.15, 0.2) is 0 Å². The highest BCUT2D eigenvalue weighted by Gasteiger charge is 2.11. The average molecular weight is 143 g/mol. The summed E-state index contributed by atoms with van der Waals surface area (Å²) < 4.78 is 0. The van der Waals surface area contributed by atoms with Gasteiger partial charge in [-0.15, -0.1) is 0 Å². The maximum absolute atomic E-state index is 10.3. The van der Waals surface area contributed by atoms with Crippen LogP contribution in [0.25, 0.3) is 0 Å². The minimum Gasteiger partial charge on any atom is -0.478 e. The summed E-state index contributed by atoms with van der Waals surface area (Å²) in [5.41, 5.74) is 4.39. The van der Waals surface area contributed by atoms with Crippen molar-refractivity contribution in [1.29, 1.82) is 0 Å². The van der Waals surface area contributed by atoms with E-state index in [2.05, 4.69) is 0 Å². The van der Waals surface area contributed by atoms with E-state index in [9.17, 15) is 9.59 Å². The molecule has 0 bridgehead atoms. The molecule has 0 saturated heterocycles. The van der Waals surface area contributed by atoms with Crippen LogP contribution in [0.15, 0.2) is 11.6 Å². The molecule has 0 atom stereocenters. The van der Waals surface area contributed by atoms with Crippen molar-refractivity contribution in [1.82, 2.24) is 0 Å². The number of carboxylic acid groups (broad SMARTS) is 1. The van der Waals surface area contributed by atoms with Gasteiger partial charge in [-0.25, -0.2) is 4.79 Å². The Morgan fingerprint density at radius 1 is 1.60 bits per heavy atom. The summed E-state index contributed by atoms with van der Waals surface area (Å²) in [5.74, 6) is -2.16. The summed E-state index contributed by atoms with van der Waals surface area (Å²) in [4.78, 5) is 20.5. The third kappa shape index (κ3) is 2.30. The van der Waals surface area contributed by atoms with E-state index in [1.807, 2.05) is 0 Å². The van der Waals surface area contributed by atoms with Crippen molar-refractivity contribution < 1.29 is 14.7 Å². The van der Waals surface area contributed by atoms with Crippen LogP contribution in [0.4, 0.5) is 0 Å². The topological polar surface area (TPSA) is 80.4 Å². The maximum Gasteiger partial charge on any atom is 0.340 e. The number of aliphatic carboxylic acids is 1. The third-order valence-corrected chi connectivity index (χ3v) is 0.904. The number of allylic oxidation sites excluding steroid dienone is 1. The van der Waals surface area contributed by atoms with Crippen LogP contribution in [-0.2, 0) is 9.59 Å². The van der Waals surface area contributed by atoms with Crippen LogP contribution in [0.5, 0.6) is 0 Å². The lowest BCUT2D eigenvalue weighted by atomic mass is 10.2. The monoisotopic (exact) mass is 143 g/mol. The van der Waals surface area contributed by atoms with Crippen molar-refractivity contribution in [3.05, 3.63) is 11.6 Å². The third-order valence-electron chi connectivity index (χ3n) is 0.904. The van der Waals surface area contributed by atoms with Gasteiger partial charge in [0, 0.05) is 0 Å². The number of primary amides is 1. The largest absolute Gasteiger partial charge is 0.478 e. The van der Waals surface area contributed by atoms with Crippen LogP contribution in [0.3, 0.4) is 0 Å². The normalized spacial score (nSPS) is 11.1. The Morgan fingerprint density at radius 3 is 2.20 bits per heavy atom. The summed E-state index contributed by atoms with van der Waals surface area (Å²) in [6.07, 6.45) is 1.77. The lowest BCUT2D eigenvalue weighted by Gasteiger charge is -1.92. The number of hydrogen-bond acceptors (Lipinski definition) is 2. The molecule has 56 valence electrons. The fourth-order valence-corrected chi connectivity index (χ4v) is 0.497. The quantitative estimate of drug-likeness (QED) is 0.328. The SMILES string of the molecule is CCC=C(C(N)=O)C(=O)O. The highest BCUT2D eigenvalue weighted by Crippen LogP contribution is 1.94. The number of carbonyl (C=O) groups excluding carboxylic acids is 1. The van der Waals surface area contributed by atoms with E-state index in [1.165, 1.54) is 6.08 Å². The Balaban J connectivity index is 4.42. The molecule has 0 spiro atoms. The van der Waals surface area contributed by atoms with E-state index >= 15 is 0 Å². The fraction of sp³-hybridized carbons (Fsp3) is 0.333. The van der Waals surface area contributed by atoms with Crippen LogP contribution in [-0.4, -0.2) is 17.0 Å². The van der Waals surface area contributed by atoms with Gasteiger partial charge in [-0.2, -0.15) is 0 Å². The van der Waals surface area contributed by atoms with Crippen LogP contribution in [0.2, 0.25) is 0 Å². The first-order chi connectivity index (χ1) is 4.59. The molecule has 3 N–H and O–H groups in total. The van der Waals surface area contributed by atoms with Gasteiger partial charge in [0.05, 0.1) is 0 Å². The Bertz CT molecular complexity index is 167. The lowest BCUT2D eigenvalue weighted by molar-refractivity contribution is -0.134. The molecule has 0 aliphatic rings. The molecule has 0 aromatic carbocycles. The van der Waals surface area contributed by atoms with Gasteiger partial charge in [0.2, 0.25) is 0 Å². The number of rotatable bonds is 3. The van der Waals surface area contributed by atoms with Gasteiger partial charge >= 0.3 is 5.97 Å². The molecule has 0 aromatic heterocycles. The predicted octanol–water partition coefficient (Wildman–Crippen LogP) is -0.107. The summed E-state index contributed by atoms with van der Waals surface area (Å²) >= 11 is 0. The second-order valence-electron chi connectivity index (χ2n) is 1.70. The second kappa shape index (κ2) is 3.66. The minimum absolute atomic E-state index is 0.345. The summed E-state index contributed by atoms with van der Waals surface area (Å²) in [6, 6.07) is 0. The van der Waals surface area contributed by atoms with Crippen molar-refractivity contribution in [3.63, 3.8) is 0 Å². The number of hydrogen-bond donors (Lipinski definition) is 2. The van der Waals surface area contributed by atoms with Crippen LogP contribution >= 0.6 is 0 Å². The van der Waals surface area contributed by atoms with E-state index < -0.39 is 11.9 Å². The van der Waals surface area contributed by atoms with Gasteiger partial charge in [-0.1, -0.05) is 13.0 Å². The highest BCUT2D eigenvalue weighted by atomic mass is 16.4. The number of carbonyl (C=O) groups is 2. The molecule has 0 aliphatic heterocycles. The Kier molecular flexibility index (Phi) is 3.17. The molecular formula is C6H9NO3. The van der Waals surface area contributed by atoms with Crippen molar-refractivity contribution in [3.8, 4) is 0 Å². The first-order valence-electron chi connectivity index (χ1n) is 2.82. The van der Waals surface area contributed by atoms with Gasteiger partial charge < -0.3 is 10.8 Å². The number of amides is 1. The zero-order chi connectivity index (χ0) is 8.15. The highest BCUT2D eigenvalue weighted by molar-refractivity contribution is 6.14. The molecule has 0 unspecified atom stereocenters. The van der Waals surface area contributed by atoms with Crippen molar-refractivity contribution in [2.75, 3.05) is 0 Å². The molecule has 0 heterocycles. The molecule has 10 heavy (non-hydrogen) atoms. The summed E-state index contributed by atoms with van der Waals surface area (Å²) in [7, 11) is 0. The first-order valence-corrected chi connectivity index (χ1v) is 2.82. The molecular weight excluding hydrogens is 134 g/mol. The molecule has 0 radical (unpaired) electrons. The van der Waals surface area contributed by atoms with E-state index in [4.69, 9.17) is 10.8 Å². The zero-order valence-corrected chi connectivity index (χ0v) is 5.63. The predicted molar refractivity (Wildman–Crippen MR) is 35.2 cm³/mol. The van der Waals surface area contributed by atoms with Crippen molar-refractivity contribution in [2.24, 2.45) is 5.73 Å². The molecule has 0 rings (SSSR count). The molecule has 4 nitrogen and oxygen atoms in total. The summed E-state index contributed by atoms with van der Waals surface area (Å²) in [5, 5.41) is 8.31.